The van der Waals surface area contributed by atoms with Gasteiger partial charge in [0, 0.05) is 13.1 Å². The number of primary amides is 1. The minimum atomic E-state index is -0.570. The van der Waals surface area contributed by atoms with Gasteiger partial charge >= 0.3 is 0 Å². The summed E-state index contributed by atoms with van der Waals surface area (Å²) in [6.07, 6.45) is 0.840. The number of carbonyl (C=O) groups is 2. The van der Waals surface area contributed by atoms with E-state index >= 15 is 0 Å². The maximum Gasteiger partial charge on any atom is 0.257 e. The van der Waals surface area contributed by atoms with Crippen LogP contribution in [-0.2, 0) is 17.8 Å². The van der Waals surface area contributed by atoms with E-state index in [0.717, 1.165) is 6.42 Å². The first kappa shape index (κ1) is 15.1. The number of rotatable bonds is 4. The number of fused-ring (bicyclic) bond motifs is 1. The van der Waals surface area contributed by atoms with Crippen molar-refractivity contribution in [2.45, 2.75) is 13.0 Å². The molecule has 2 N–H and O–H groups in total. The molecule has 2 aromatic carbocycles. The van der Waals surface area contributed by atoms with Gasteiger partial charge in [-0.25, -0.2) is 0 Å². The third-order valence-electron chi connectivity index (χ3n) is 3.91. The molecule has 0 aliphatic carbocycles. The lowest BCUT2D eigenvalue weighted by atomic mass is 9.99. The molecule has 0 unspecified atom stereocenters. The SMILES string of the molecule is NC(=O)COc1ccccc1C(=O)N1CCc2ccccc2C1. The molecule has 1 aliphatic rings. The van der Waals surface area contributed by atoms with Crippen molar-refractivity contribution in [2.24, 2.45) is 5.73 Å². The van der Waals surface area contributed by atoms with Gasteiger partial charge in [0.15, 0.2) is 6.61 Å². The van der Waals surface area contributed by atoms with Crippen LogP contribution in [0.4, 0.5) is 0 Å². The topological polar surface area (TPSA) is 72.6 Å². The van der Waals surface area contributed by atoms with E-state index in [4.69, 9.17) is 10.5 Å². The highest BCUT2D eigenvalue weighted by Crippen LogP contribution is 2.24. The highest BCUT2D eigenvalue weighted by Gasteiger charge is 2.23. The molecule has 2 aromatic rings. The summed E-state index contributed by atoms with van der Waals surface area (Å²) < 4.78 is 5.36. The fraction of sp³-hybridized carbons (Fsp3) is 0.222. The summed E-state index contributed by atoms with van der Waals surface area (Å²) in [6, 6.07) is 15.1. The normalized spacial score (nSPS) is 13.3. The van der Waals surface area contributed by atoms with Gasteiger partial charge in [-0.3, -0.25) is 9.59 Å². The van der Waals surface area contributed by atoms with E-state index in [0.29, 0.717) is 24.4 Å². The molecule has 23 heavy (non-hydrogen) atoms. The maximum absolute atomic E-state index is 12.8. The number of amides is 2. The fourth-order valence-corrected chi connectivity index (χ4v) is 2.76. The number of nitrogens with two attached hydrogens (primary N) is 1. The lowest BCUT2D eigenvalue weighted by molar-refractivity contribution is -0.119. The van der Waals surface area contributed by atoms with Gasteiger partial charge in [-0.05, 0) is 29.7 Å². The molecule has 0 saturated heterocycles. The number of benzene rings is 2. The minimum Gasteiger partial charge on any atom is -0.483 e. The molecule has 118 valence electrons. The number of hydrogen-bond donors (Lipinski definition) is 1. The molecule has 5 heteroatoms. The van der Waals surface area contributed by atoms with Crippen LogP contribution in [0, 0.1) is 0 Å². The largest absolute Gasteiger partial charge is 0.483 e. The lowest BCUT2D eigenvalue weighted by Crippen LogP contribution is -2.36. The zero-order valence-electron chi connectivity index (χ0n) is 12.7. The number of hydrogen-bond acceptors (Lipinski definition) is 3. The van der Waals surface area contributed by atoms with Gasteiger partial charge in [-0.2, -0.15) is 0 Å². The van der Waals surface area contributed by atoms with E-state index in [1.807, 2.05) is 18.2 Å². The van der Waals surface area contributed by atoms with Crippen molar-refractivity contribution in [3.8, 4) is 5.75 Å². The Balaban J connectivity index is 1.80. The van der Waals surface area contributed by atoms with Crippen LogP contribution in [-0.4, -0.2) is 29.9 Å². The lowest BCUT2D eigenvalue weighted by Gasteiger charge is -2.29. The molecule has 0 atom stereocenters. The van der Waals surface area contributed by atoms with Crippen molar-refractivity contribution < 1.29 is 14.3 Å². The predicted octanol–water partition coefficient (Wildman–Crippen LogP) is 1.75. The molecule has 0 bridgehead atoms. The molecule has 3 rings (SSSR count). The summed E-state index contributed by atoms with van der Waals surface area (Å²) in [4.78, 5) is 25.5. The van der Waals surface area contributed by atoms with E-state index in [9.17, 15) is 9.59 Å². The van der Waals surface area contributed by atoms with Crippen molar-refractivity contribution in [1.29, 1.82) is 0 Å². The second-order valence-corrected chi connectivity index (χ2v) is 5.50. The van der Waals surface area contributed by atoms with Crippen molar-refractivity contribution in [3.63, 3.8) is 0 Å². The third-order valence-corrected chi connectivity index (χ3v) is 3.91. The number of nitrogens with zero attached hydrogens (tertiary/aromatic N) is 1. The molecule has 0 radical (unpaired) electrons. The van der Waals surface area contributed by atoms with E-state index in [1.165, 1.54) is 11.1 Å². The maximum atomic E-state index is 12.8. The van der Waals surface area contributed by atoms with Gasteiger partial charge in [-0.15, -0.1) is 0 Å². The molecule has 1 aliphatic heterocycles. The highest BCUT2D eigenvalue weighted by molar-refractivity contribution is 5.97. The van der Waals surface area contributed by atoms with Crippen LogP contribution in [0.1, 0.15) is 21.5 Å². The van der Waals surface area contributed by atoms with Crippen LogP contribution in [0.5, 0.6) is 5.75 Å². The Hall–Kier alpha value is -2.82. The zero-order chi connectivity index (χ0) is 16.2. The highest BCUT2D eigenvalue weighted by atomic mass is 16.5. The Morgan fingerprint density at radius 3 is 2.52 bits per heavy atom. The number of ether oxygens (including phenoxy) is 1. The van der Waals surface area contributed by atoms with Crippen LogP contribution in [0.25, 0.3) is 0 Å². The first-order chi connectivity index (χ1) is 11.1. The summed E-state index contributed by atoms with van der Waals surface area (Å²) in [5.74, 6) is -0.283. The molecule has 0 spiro atoms. The van der Waals surface area contributed by atoms with Crippen LogP contribution >= 0.6 is 0 Å². The molecule has 0 fully saturated rings. The van der Waals surface area contributed by atoms with Crippen molar-refractivity contribution >= 4 is 11.8 Å². The van der Waals surface area contributed by atoms with Gasteiger partial charge in [0.1, 0.15) is 5.75 Å². The Bertz CT molecular complexity index is 743. The Morgan fingerprint density at radius 2 is 1.74 bits per heavy atom. The molecule has 0 saturated carbocycles. The summed E-state index contributed by atoms with van der Waals surface area (Å²) in [5.41, 5.74) is 8.01. The molecule has 5 nitrogen and oxygen atoms in total. The summed E-state index contributed by atoms with van der Waals surface area (Å²) in [7, 11) is 0. The smallest absolute Gasteiger partial charge is 0.257 e. The van der Waals surface area contributed by atoms with E-state index < -0.39 is 5.91 Å². The second kappa shape index (κ2) is 6.52. The quantitative estimate of drug-likeness (QED) is 0.935. The first-order valence-corrected chi connectivity index (χ1v) is 7.51. The monoisotopic (exact) mass is 310 g/mol. The standard InChI is InChI=1S/C18H18N2O3/c19-17(21)12-23-16-8-4-3-7-15(16)18(22)20-10-9-13-5-1-2-6-14(13)11-20/h1-8H,9-12H2,(H2,19,21). The van der Waals surface area contributed by atoms with Crippen LogP contribution < -0.4 is 10.5 Å². The van der Waals surface area contributed by atoms with Gasteiger partial charge in [-0.1, -0.05) is 36.4 Å². The zero-order valence-corrected chi connectivity index (χ0v) is 12.7. The van der Waals surface area contributed by atoms with Crippen LogP contribution in [0.3, 0.4) is 0 Å². The molecular formula is C18H18N2O3. The van der Waals surface area contributed by atoms with Gasteiger partial charge in [0.2, 0.25) is 0 Å². The molecular weight excluding hydrogens is 292 g/mol. The number of para-hydroxylation sites is 1. The van der Waals surface area contributed by atoms with Crippen LogP contribution in [0.2, 0.25) is 0 Å². The third kappa shape index (κ3) is 3.34. The average molecular weight is 310 g/mol. The van der Waals surface area contributed by atoms with Gasteiger partial charge in [0.25, 0.3) is 11.8 Å². The summed E-state index contributed by atoms with van der Waals surface area (Å²) in [6.45, 7) is 1.01. The molecule has 2 amide bonds. The van der Waals surface area contributed by atoms with E-state index in [2.05, 4.69) is 6.07 Å². The fourth-order valence-electron chi connectivity index (χ4n) is 2.76. The Labute approximate surface area is 134 Å². The number of carbonyl (C=O) groups excluding carboxylic acids is 2. The van der Waals surface area contributed by atoms with Gasteiger partial charge in [0.05, 0.1) is 5.56 Å². The Morgan fingerprint density at radius 1 is 1.04 bits per heavy atom. The average Bonchev–Trinajstić information content (AvgIpc) is 2.59. The van der Waals surface area contributed by atoms with E-state index in [-0.39, 0.29) is 12.5 Å². The Kier molecular flexibility index (Phi) is 4.28. The van der Waals surface area contributed by atoms with Crippen LogP contribution in [0.15, 0.2) is 48.5 Å². The second-order valence-electron chi connectivity index (χ2n) is 5.50. The van der Waals surface area contributed by atoms with Crippen molar-refractivity contribution in [2.75, 3.05) is 13.2 Å². The molecule has 1 heterocycles. The van der Waals surface area contributed by atoms with E-state index in [1.54, 1.807) is 29.2 Å². The minimum absolute atomic E-state index is 0.0976. The van der Waals surface area contributed by atoms with Crippen molar-refractivity contribution in [1.82, 2.24) is 4.90 Å². The predicted molar refractivity (Wildman–Crippen MR) is 86.0 cm³/mol. The summed E-state index contributed by atoms with van der Waals surface area (Å²) in [5, 5.41) is 0. The first-order valence-electron chi connectivity index (χ1n) is 7.51. The van der Waals surface area contributed by atoms with Gasteiger partial charge < -0.3 is 15.4 Å². The van der Waals surface area contributed by atoms with Crippen molar-refractivity contribution in [3.05, 3.63) is 65.2 Å². The summed E-state index contributed by atoms with van der Waals surface area (Å²) >= 11 is 0. The molecule has 0 aromatic heterocycles.